The second-order valence-corrected chi connectivity index (χ2v) is 6.74. The number of carbonyl (C=O) groups is 1. The summed E-state index contributed by atoms with van der Waals surface area (Å²) in [5, 5.41) is 3.54. The summed E-state index contributed by atoms with van der Waals surface area (Å²) in [4.78, 5) is 15.6. The Bertz CT molecular complexity index is 685. The van der Waals surface area contributed by atoms with Gasteiger partial charge in [0.1, 0.15) is 6.54 Å². The SMILES string of the molecule is C[C@H](C(=O)Nc1cccc(Cl)c1)[NH+](C)Cc1ccc(N(C)C)cc1. The second-order valence-electron chi connectivity index (χ2n) is 6.31. The van der Waals surface area contributed by atoms with E-state index < -0.39 is 0 Å². The molecule has 2 rings (SSSR count). The van der Waals surface area contributed by atoms with Gasteiger partial charge in [-0.05, 0) is 37.3 Å². The number of amides is 1. The average molecular weight is 347 g/mol. The van der Waals surface area contributed by atoms with Crippen molar-refractivity contribution in [3.63, 3.8) is 0 Å². The Hall–Kier alpha value is -2.04. The average Bonchev–Trinajstić information content (AvgIpc) is 2.54. The lowest BCUT2D eigenvalue weighted by atomic mass is 10.1. The number of carbonyl (C=O) groups excluding carboxylic acids is 1. The molecular formula is C19H25ClN3O+. The van der Waals surface area contributed by atoms with Gasteiger partial charge >= 0.3 is 0 Å². The molecule has 0 radical (unpaired) electrons. The molecule has 0 saturated carbocycles. The first-order valence-electron chi connectivity index (χ1n) is 8.02. The molecule has 128 valence electrons. The number of nitrogens with one attached hydrogen (secondary N) is 2. The Morgan fingerprint density at radius 1 is 1.21 bits per heavy atom. The van der Waals surface area contributed by atoms with Crippen molar-refractivity contribution >= 4 is 28.9 Å². The van der Waals surface area contributed by atoms with Gasteiger partial charge in [-0.3, -0.25) is 4.79 Å². The van der Waals surface area contributed by atoms with Crippen LogP contribution in [0.4, 0.5) is 11.4 Å². The van der Waals surface area contributed by atoms with E-state index in [-0.39, 0.29) is 11.9 Å². The lowest BCUT2D eigenvalue weighted by molar-refractivity contribution is -0.907. The Kier molecular flexibility index (Phi) is 6.23. The summed E-state index contributed by atoms with van der Waals surface area (Å²) in [5.41, 5.74) is 3.10. The number of rotatable bonds is 6. The maximum Gasteiger partial charge on any atom is 0.282 e. The van der Waals surface area contributed by atoms with Crippen molar-refractivity contribution < 1.29 is 9.69 Å². The number of hydrogen-bond donors (Lipinski definition) is 2. The molecule has 24 heavy (non-hydrogen) atoms. The minimum atomic E-state index is -0.169. The Morgan fingerprint density at radius 3 is 2.46 bits per heavy atom. The van der Waals surface area contributed by atoms with Crippen molar-refractivity contribution in [2.24, 2.45) is 0 Å². The minimum Gasteiger partial charge on any atom is -0.378 e. The minimum absolute atomic E-state index is 0.0142. The molecule has 4 nitrogen and oxygen atoms in total. The first kappa shape index (κ1) is 18.3. The number of quaternary nitrogens is 1. The van der Waals surface area contributed by atoms with E-state index >= 15 is 0 Å². The molecular weight excluding hydrogens is 322 g/mol. The van der Waals surface area contributed by atoms with Gasteiger partial charge < -0.3 is 15.1 Å². The van der Waals surface area contributed by atoms with Crippen LogP contribution in [0.3, 0.4) is 0 Å². The zero-order valence-corrected chi connectivity index (χ0v) is 15.4. The van der Waals surface area contributed by atoms with E-state index in [9.17, 15) is 4.79 Å². The lowest BCUT2D eigenvalue weighted by Crippen LogP contribution is -3.12. The van der Waals surface area contributed by atoms with Gasteiger partial charge in [-0.15, -0.1) is 0 Å². The summed E-state index contributed by atoms with van der Waals surface area (Å²) in [6.45, 7) is 2.72. The normalized spacial score (nSPS) is 13.2. The number of halogens is 1. The van der Waals surface area contributed by atoms with E-state index in [1.165, 1.54) is 11.3 Å². The van der Waals surface area contributed by atoms with Gasteiger partial charge in [-0.25, -0.2) is 0 Å². The molecule has 0 saturated heterocycles. The van der Waals surface area contributed by atoms with Crippen molar-refractivity contribution in [3.05, 3.63) is 59.1 Å². The van der Waals surface area contributed by atoms with Crippen LogP contribution in [0.1, 0.15) is 12.5 Å². The predicted molar refractivity (Wildman–Crippen MR) is 101 cm³/mol. The molecule has 0 aliphatic rings. The topological polar surface area (TPSA) is 36.8 Å². The smallest absolute Gasteiger partial charge is 0.282 e. The van der Waals surface area contributed by atoms with Gasteiger partial charge in [0.05, 0.1) is 7.05 Å². The highest BCUT2D eigenvalue weighted by Gasteiger charge is 2.22. The molecule has 1 unspecified atom stereocenters. The highest BCUT2D eigenvalue weighted by molar-refractivity contribution is 6.30. The highest BCUT2D eigenvalue weighted by Crippen LogP contribution is 2.15. The van der Waals surface area contributed by atoms with Crippen LogP contribution in [-0.2, 0) is 11.3 Å². The summed E-state index contributed by atoms with van der Waals surface area (Å²) < 4.78 is 0. The monoisotopic (exact) mass is 346 g/mol. The largest absolute Gasteiger partial charge is 0.378 e. The first-order valence-corrected chi connectivity index (χ1v) is 8.39. The fourth-order valence-electron chi connectivity index (χ4n) is 2.43. The molecule has 1 amide bonds. The van der Waals surface area contributed by atoms with Gasteiger partial charge in [0.2, 0.25) is 0 Å². The maximum atomic E-state index is 12.4. The molecule has 2 aromatic carbocycles. The fraction of sp³-hybridized carbons (Fsp3) is 0.316. The van der Waals surface area contributed by atoms with Gasteiger partial charge in [0.15, 0.2) is 6.04 Å². The molecule has 2 N–H and O–H groups in total. The fourth-order valence-corrected chi connectivity index (χ4v) is 2.62. The van der Waals surface area contributed by atoms with Crippen LogP contribution in [0.2, 0.25) is 5.02 Å². The number of benzene rings is 2. The van der Waals surface area contributed by atoms with Gasteiger partial charge in [-0.1, -0.05) is 29.8 Å². The van der Waals surface area contributed by atoms with E-state index in [4.69, 9.17) is 11.6 Å². The van der Waals surface area contributed by atoms with Crippen LogP contribution in [0.15, 0.2) is 48.5 Å². The van der Waals surface area contributed by atoms with Gasteiger partial charge in [0, 0.05) is 36.1 Å². The summed E-state index contributed by atoms with van der Waals surface area (Å²) >= 11 is 5.95. The van der Waals surface area contributed by atoms with Crippen LogP contribution < -0.4 is 15.1 Å². The lowest BCUT2D eigenvalue weighted by Gasteiger charge is -2.21. The molecule has 2 atom stereocenters. The molecule has 0 aliphatic carbocycles. The zero-order valence-electron chi connectivity index (χ0n) is 14.6. The Balaban J connectivity index is 1.95. The van der Waals surface area contributed by atoms with E-state index in [2.05, 4.69) is 34.5 Å². The van der Waals surface area contributed by atoms with Crippen LogP contribution in [-0.4, -0.2) is 33.1 Å². The summed E-state index contributed by atoms with van der Waals surface area (Å²) in [6.07, 6.45) is 0. The van der Waals surface area contributed by atoms with Crippen molar-refractivity contribution in [1.82, 2.24) is 0 Å². The second kappa shape index (κ2) is 8.18. The molecule has 0 bridgehead atoms. The van der Waals surface area contributed by atoms with E-state index in [1.54, 1.807) is 12.1 Å². The molecule has 2 aromatic rings. The quantitative estimate of drug-likeness (QED) is 0.843. The van der Waals surface area contributed by atoms with Crippen LogP contribution in [0.25, 0.3) is 0 Å². The van der Waals surface area contributed by atoms with E-state index in [0.717, 1.165) is 17.1 Å². The zero-order chi connectivity index (χ0) is 17.7. The summed E-state index contributed by atoms with van der Waals surface area (Å²) in [7, 11) is 6.07. The van der Waals surface area contributed by atoms with Crippen LogP contribution in [0, 0.1) is 0 Å². The third-order valence-electron chi connectivity index (χ3n) is 4.16. The molecule has 0 aromatic heterocycles. The highest BCUT2D eigenvalue weighted by atomic mass is 35.5. The van der Waals surface area contributed by atoms with Crippen molar-refractivity contribution in [1.29, 1.82) is 0 Å². The Labute approximate surface area is 149 Å². The van der Waals surface area contributed by atoms with Crippen molar-refractivity contribution in [2.75, 3.05) is 31.4 Å². The van der Waals surface area contributed by atoms with Crippen LogP contribution in [0.5, 0.6) is 0 Å². The molecule has 5 heteroatoms. The molecule has 0 spiro atoms. The third-order valence-corrected chi connectivity index (χ3v) is 4.40. The predicted octanol–water partition coefficient (Wildman–Crippen LogP) is 2.45. The standard InChI is InChI=1S/C19H24ClN3O/c1-14(19(24)21-17-7-5-6-16(20)12-17)23(4)13-15-8-10-18(11-9-15)22(2)3/h5-12,14H,13H2,1-4H3,(H,21,24)/p+1/t14-/m1/s1. The number of nitrogens with zero attached hydrogens (tertiary/aromatic N) is 1. The van der Waals surface area contributed by atoms with Crippen molar-refractivity contribution in [2.45, 2.75) is 19.5 Å². The third kappa shape index (κ3) is 4.98. The molecule has 0 heterocycles. The Morgan fingerprint density at radius 2 is 1.88 bits per heavy atom. The number of likely N-dealkylation sites (N-methyl/N-ethyl adjacent to an activating group) is 1. The van der Waals surface area contributed by atoms with E-state index in [0.29, 0.717) is 5.02 Å². The van der Waals surface area contributed by atoms with Gasteiger partial charge in [0.25, 0.3) is 5.91 Å². The maximum absolute atomic E-state index is 12.4. The first-order chi connectivity index (χ1) is 11.4. The number of hydrogen-bond acceptors (Lipinski definition) is 2. The summed E-state index contributed by atoms with van der Waals surface area (Å²) in [6, 6.07) is 15.4. The van der Waals surface area contributed by atoms with Crippen molar-refractivity contribution in [3.8, 4) is 0 Å². The summed E-state index contributed by atoms with van der Waals surface area (Å²) in [5.74, 6) is -0.0142. The van der Waals surface area contributed by atoms with E-state index in [1.807, 2.05) is 40.2 Å². The molecule has 0 fully saturated rings. The van der Waals surface area contributed by atoms with Gasteiger partial charge in [-0.2, -0.15) is 0 Å². The van der Waals surface area contributed by atoms with Crippen LogP contribution >= 0.6 is 11.6 Å². The number of anilines is 2. The molecule has 0 aliphatic heterocycles.